The summed E-state index contributed by atoms with van der Waals surface area (Å²) in [6.07, 6.45) is 40.1. The normalized spacial score (nSPS) is 12.3. The molecule has 48 heavy (non-hydrogen) atoms. The predicted molar refractivity (Wildman–Crippen MR) is 201 cm³/mol. The molecular formula is C42H74O6. The first kappa shape index (κ1) is 45.6. The van der Waals surface area contributed by atoms with Gasteiger partial charge in [0.15, 0.2) is 6.10 Å². The number of allylic oxidation sites excluding steroid dienone is 6. The lowest BCUT2D eigenvalue weighted by Gasteiger charge is -2.18. The van der Waals surface area contributed by atoms with Crippen molar-refractivity contribution < 1.29 is 28.6 Å². The Kier molecular flexibility index (Phi) is 35.6. The molecule has 0 aliphatic rings. The van der Waals surface area contributed by atoms with Crippen LogP contribution in [0.1, 0.15) is 194 Å². The molecule has 0 N–H and O–H groups in total. The molecule has 0 aromatic carbocycles. The van der Waals surface area contributed by atoms with Crippen molar-refractivity contribution in [1.29, 1.82) is 0 Å². The molecule has 6 heteroatoms. The monoisotopic (exact) mass is 675 g/mol. The quantitative estimate of drug-likeness (QED) is 0.0288. The standard InChI is InChI=1S/C42H74O6/c1-4-7-10-13-15-17-19-20-21-22-23-25-26-29-32-35-41(44)47-38-39(37-46-40(43)34-31-28-12-9-6-3)48-42(45)36-33-30-27-24-18-16-14-11-8-5-2/h7,10,15,17,20-21,39H,4-6,8-9,11-14,16,18-19,22-38H2,1-3H3/b10-7-,17-15-,21-20-. The summed E-state index contributed by atoms with van der Waals surface area (Å²) >= 11 is 0. The second-order valence-corrected chi connectivity index (χ2v) is 13.2. The van der Waals surface area contributed by atoms with Crippen LogP contribution >= 0.6 is 0 Å². The fraction of sp³-hybridized carbons (Fsp3) is 0.786. The largest absolute Gasteiger partial charge is 0.462 e. The minimum atomic E-state index is -0.768. The van der Waals surface area contributed by atoms with Gasteiger partial charge < -0.3 is 14.2 Å². The molecule has 0 saturated carbocycles. The van der Waals surface area contributed by atoms with E-state index in [4.69, 9.17) is 14.2 Å². The third-order valence-electron chi connectivity index (χ3n) is 8.41. The molecule has 0 fully saturated rings. The highest BCUT2D eigenvalue weighted by atomic mass is 16.6. The number of hydrogen-bond acceptors (Lipinski definition) is 6. The van der Waals surface area contributed by atoms with Gasteiger partial charge in [0.2, 0.25) is 0 Å². The van der Waals surface area contributed by atoms with E-state index in [9.17, 15) is 14.4 Å². The van der Waals surface area contributed by atoms with Crippen LogP contribution < -0.4 is 0 Å². The second kappa shape index (κ2) is 37.4. The molecular weight excluding hydrogens is 600 g/mol. The van der Waals surface area contributed by atoms with Gasteiger partial charge in [-0.2, -0.15) is 0 Å². The first-order valence-electron chi connectivity index (χ1n) is 20.0. The van der Waals surface area contributed by atoms with Gasteiger partial charge in [0.1, 0.15) is 13.2 Å². The average Bonchev–Trinajstić information content (AvgIpc) is 3.08. The molecule has 0 amide bonds. The van der Waals surface area contributed by atoms with Crippen molar-refractivity contribution in [2.75, 3.05) is 13.2 Å². The Hall–Kier alpha value is -2.37. The van der Waals surface area contributed by atoms with E-state index in [2.05, 4.69) is 57.2 Å². The van der Waals surface area contributed by atoms with Crippen LogP contribution in [0.5, 0.6) is 0 Å². The third kappa shape index (κ3) is 35.0. The molecule has 0 aromatic rings. The third-order valence-corrected chi connectivity index (χ3v) is 8.41. The molecule has 0 bridgehead atoms. The van der Waals surface area contributed by atoms with E-state index < -0.39 is 6.10 Å². The minimum Gasteiger partial charge on any atom is -0.462 e. The number of unbranched alkanes of at least 4 members (excludes halogenated alkanes) is 18. The van der Waals surface area contributed by atoms with E-state index in [0.29, 0.717) is 19.3 Å². The molecule has 0 spiro atoms. The van der Waals surface area contributed by atoms with E-state index in [0.717, 1.165) is 103 Å². The lowest BCUT2D eigenvalue weighted by atomic mass is 10.1. The number of ether oxygens (including phenoxy) is 3. The number of esters is 3. The van der Waals surface area contributed by atoms with Gasteiger partial charge in [-0.15, -0.1) is 0 Å². The van der Waals surface area contributed by atoms with E-state index in [1.807, 2.05) is 0 Å². The van der Waals surface area contributed by atoms with E-state index >= 15 is 0 Å². The van der Waals surface area contributed by atoms with Gasteiger partial charge in [0.05, 0.1) is 0 Å². The van der Waals surface area contributed by atoms with Crippen LogP contribution in [-0.4, -0.2) is 37.2 Å². The van der Waals surface area contributed by atoms with Crippen LogP contribution in [0, 0.1) is 0 Å². The van der Waals surface area contributed by atoms with Crippen LogP contribution in [0.4, 0.5) is 0 Å². The summed E-state index contributed by atoms with van der Waals surface area (Å²) in [5, 5.41) is 0. The van der Waals surface area contributed by atoms with Crippen LogP contribution in [0.25, 0.3) is 0 Å². The fourth-order valence-corrected chi connectivity index (χ4v) is 5.40. The molecule has 0 saturated heterocycles. The smallest absolute Gasteiger partial charge is 0.306 e. The Morgan fingerprint density at radius 1 is 0.438 bits per heavy atom. The number of rotatable bonds is 35. The number of carbonyl (C=O) groups excluding carboxylic acids is 3. The molecule has 0 rings (SSSR count). The molecule has 0 aliphatic carbocycles. The molecule has 0 heterocycles. The maximum Gasteiger partial charge on any atom is 0.306 e. The number of carbonyl (C=O) groups is 3. The lowest BCUT2D eigenvalue weighted by molar-refractivity contribution is -0.167. The molecule has 0 aromatic heterocycles. The van der Waals surface area contributed by atoms with Crippen molar-refractivity contribution >= 4 is 17.9 Å². The lowest BCUT2D eigenvalue weighted by Crippen LogP contribution is -2.30. The van der Waals surface area contributed by atoms with E-state index in [1.165, 1.54) is 51.4 Å². The SMILES string of the molecule is CC/C=C\C/C=C\C/C=C\CCCCCCCC(=O)OCC(COC(=O)CCCCCCC)OC(=O)CCCCCCCCCCCC. The Bertz CT molecular complexity index is 830. The fourth-order valence-electron chi connectivity index (χ4n) is 5.40. The van der Waals surface area contributed by atoms with Gasteiger partial charge >= 0.3 is 17.9 Å². The highest BCUT2D eigenvalue weighted by Crippen LogP contribution is 2.13. The van der Waals surface area contributed by atoms with Gasteiger partial charge in [-0.3, -0.25) is 14.4 Å². The van der Waals surface area contributed by atoms with Gasteiger partial charge in [0.25, 0.3) is 0 Å². The summed E-state index contributed by atoms with van der Waals surface area (Å²) < 4.78 is 16.5. The van der Waals surface area contributed by atoms with Gasteiger partial charge in [0, 0.05) is 19.3 Å². The highest BCUT2D eigenvalue weighted by molar-refractivity contribution is 5.71. The first-order chi connectivity index (χ1) is 23.5. The summed E-state index contributed by atoms with van der Waals surface area (Å²) in [7, 11) is 0. The van der Waals surface area contributed by atoms with Gasteiger partial charge in [-0.1, -0.05) is 160 Å². The Morgan fingerprint density at radius 3 is 1.27 bits per heavy atom. The zero-order valence-corrected chi connectivity index (χ0v) is 31.5. The van der Waals surface area contributed by atoms with Crippen molar-refractivity contribution in [3.8, 4) is 0 Å². The molecule has 1 unspecified atom stereocenters. The Morgan fingerprint density at radius 2 is 0.812 bits per heavy atom. The molecule has 0 aliphatic heterocycles. The maximum absolute atomic E-state index is 12.6. The summed E-state index contributed by atoms with van der Waals surface area (Å²) in [5.41, 5.74) is 0. The zero-order chi connectivity index (χ0) is 35.2. The van der Waals surface area contributed by atoms with Crippen molar-refractivity contribution in [3.05, 3.63) is 36.5 Å². The molecule has 1 atom stereocenters. The minimum absolute atomic E-state index is 0.0775. The topological polar surface area (TPSA) is 78.9 Å². The van der Waals surface area contributed by atoms with E-state index in [1.54, 1.807) is 0 Å². The summed E-state index contributed by atoms with van der Waals surface area (Å²) in [6.45, 7) is 6.39. The van der Waals surface area contributed by atoms with Crippen LogP contribution in [-0.2, 0) is 28.6 Å². The maximum atomic E-state index is 12.6. The van der Waals surface area contributed by atoms with E-state index in [-0.39, 0.29) is 31.1 Å². The summed E-state index contributed by atoms with van der Waals surface area (Å²) in [6, 6.07) is 0. The van der Waals surface area contributed by atoms with Gasteiger partial charge in [-0.05, 0) is 51.4 Å². The first-order valence-corrected chi connectivity index (χ1v) is 20.0. The van der Waals surface area contributed by atoms with Crippen molar-refractivity contribution in [3.63, 3.8) is 0 Å². The summed E-state index contributed by atoms with van der Waals surface area (Å²) in [5.74, 6) is -0.914. The second-order valence-electron chi connectivity index (χ2n) is 13.2. The predicted octanol–water partition coefficient (Wildman–Crippen LogP) is 12.2. The van der Waals surface area contributed by atoms with Crippen LogP contribution in [0.15, 0.2) is 36.5 Å². The molecule has 6 nitrogen and oxygen atoms in total. The van der Waals surface area contributed by atoms with Crippen LogP contribution in [0.3, 0.4) is 0 Å². The number of hydrogen-bond donors (Lipinski definition) is 0. The Balaban J connectivity index is 4.28. The van der Waals surface area contributed by atoms with Crippen molar-refractivity contribution in [1.82, 2.24) is 0 Å². The summed E-state index contributed by atoms with van der Waals surface area (Å²) in [4.78, 5) is 37.2. The molecule has 278 valence electrons. The van der Waals surface area contributed by atoms with Crippen molar-refractivity contribution in [2.45, 2.75) is 200 Å². The Labute approximate surface area is 295 Å². The molecule has 0 radical (unpaired) electrons. The van der Waals surface area contributed by atoms with Gasteiger partial charge in [-0.25, -0.2) is 0 Å². The van der Waals surface area contributed by atoms with Crippen LogP contribution in [0.2, 0.25) is 0 Å². The van der Waals surface area contributed by atoms with Crippen molar-refractivity contribution in [2.24, 2.45) is 0 Å². The average molecular weight is 675 g/mol. The zero-order valence-electron chi connectivity index (χ0n) is 31.5. The highest BCUT2D eigenvalue weighted by Gasteiger charge is 2.19.